The van der Waals surface area contributed by atoms with Crippen LogP contribution in [0, 0.1) is 16.0 Å². The Hall–Kier alpha value is -2.45. The minimum atomic E-state index is -0.574. The molecule has 120 valence electrons. The van der Waals surface area contributed by atoms with Crippen LogP contribution in [-0.4, -0.2) is 39.2 Å². The molecule has 2 atom stereocenters. The number of nitro groups is 1. The van der Waals surface area contributed by atoms with Gasteiger partial charge in [0.2, 0.25) is 5.91 Å². The van der Waals surface area contributed by atoms with Crippen molar-refractivity contribution in [2.45, 2.75) is 38.8 Å². The Bertz CT molecular complexity index is 571. The van der Waals surface area contributed by atoms with Crippen LogP contribution in [0.3, 0.4) is 0 Å². The first-order chi connectivity index (χ1) is 10.5. The Labute approximate surface area is 126 Å². The highest BCUT2D eigenvalue weighted by Gasteiger charge is 2.35. The highest BCUT2D eigenvalue weighted by Crippen LogP contribution is 2.26. The standard InChI is InChI=1S/C13H18N4O5/c1-2-22-13(19)10-4-3-5-11(10)15-12(18)8-16-7-9(6-14-16)17(20)21/h6-7,10-11H,2-5,8H2,1H3,(H,15,18)/t10-,11+/m1/s1. The van der Waals surface area contributed by atoms with Gasteiger partial charge in [-0.05, 0) is 19.8 Å². The highest BCUT2D eigenvalue weighted by molar-refractivity contribution is 5.78. The second-order valence-corrected chi connectivity index (χ2v) is 5.12. The summed E-state index contributed by atoms with van der Waals surface area (Å²) in [6.07, 6.45) is 4.54. The first kappa shape index (κ1) is 15.9. The molecule has 0 saturated heterocycles. The number of ether oxygens (including phenoxy) is 1. The van der Waals surface area contributed by atoms with E-state index < -0.39 is 4.92 Å². The summed E-state index contributed by atoms with van der Waals surface area (Å²) in [4.78, 5) is 33.8. The normalized spacial score (nSPS) is 20.6. The summed E-state index contributed by atoms with van der Waals surface area (Å²) < 4.78 is 6.20. The quantitative estimate of drug-likeness (QED) is 0.468. The monoisotopic (exact) mass is 310 g/mol. The molecule has 1 aliphatic rings. The molecule has 1 aromatic heterocycles. The van der Waals surface area contributed by atoms with Crippen LogP contribution in [0.25, 0.3) is 0 Å². The smallest absolute Gasteiger partial charge is 0.311 e. The third-order valence-corrected chi connectivity index (χ3v) is 3.59. The van der Waals surface area contributed by atoms with Crippen LogP contribution < -0.4 is 5.32 Å². The molecule has 1 saturated carbocycles. The Morgan fingerprint density at radius 1 is 1.55 bits per heavy atom. The van der Waals surface area contributed by atoms with Crippen LogP contribution in [-0.2, 0) is 20.9 Å². The van der Waals surface area contributed by atoms with E-state index in [9.17, 15) is 19.7 Å². The number of hydrogen-bond acceptors (Lipinski definition) is 6. The number of amides is 1. The number of esters is 1. The van der Waals surface area contributed by atoms with Gasteiger partial charge in [-0.15, -0.1) is 0 Å². The van der Waals surface area contributed by atoms with Gasteiger partial charge in [0.1, 0.15) is 18.9 Å². The van der Waals surface area contributed by atoms with E-state index in [2.05, 4.69) is 10.4 Å². The number of aromatic nitrogens is 2. The summed E-state index contributed by atoms with van der Waals surface area (Å²) in [6, 6.07) is -0.253. The zero-order valence-corrected chi connectivity index (χ0v) is 12.2. The molecule has 0 spiro atoms. The molecule has 0 radical (unpaired) electrons. The maximum atomic E-state index is 12.0. The molecule has 1 N–H and O–H groups in total. The van der Waals surface area contributed by atoms with E-state index in [-0.39, 0.29) is 36.1 Å². The first-order valence-corrected chi connectivity index (χ1v) is 7.14. The van der Waals surface area contributed by atoms with Gasteiger partial charge in [0.25, 0.3) is 0 Å². The third-order valence-electron chi connectivity index (χ3n) is 3.59. The van der Waals surface area contributed by atoms with E-state index in [4.69, 9.17) is 4.74 Å². The van der Waals surface area contributed by atoms with E-state index in [0.717, 1.165) is 12.6 Å². The molecule has 22 heavy (non-hydrogen) atoms. The van der Waals surface area contributed by atoms with E-state index in [0.29, 0.717) is 19.4 Å². The van der Waals surface area contributed by atoms with Crippen molar-refractivity contribution in [3.8, 4) is 0 Å². The highest BCUT2D eigenvalue weighted by atomic mass is 16.6. The second-order valence-electron chi connectivity index (χ2n) is 5.12. The van der Waals surface area contributed by atoms with Crippen LogP contribution in [0.2, 0.25) is 0 Å². The Morgan fingerprint density at radius 3 is 2.95 bits per heavy atom. The van der Waals surface area contributed by atoms with E-state index in [1.165, 1.54) is 10.9 Å². The Kier molecular flexibility index (Phi) is 5.08. The van der Waals surface area contributed by atoms with Gasteiger partial charge in [-0.3, -0.25) is 24.4 Å². The number of nitrogens with zero attached hydrogens (tertiary/aromatic N) is 3. The van der Waals surface area contributed by atoms with Gasteiger partial charge in [0, 0.05) is 6.04 Å². The molecule has 9 heteroatoms. The van der Waals surface area contributed by atoms with Crippen molar-refractivity contribution in [3.05, 3.63) is 22.5 Å². The van der Waals surface area contributed by atoms with Crippen LogP contribution in [0.15, 0.2) is 12.4 Å². The fraction of sp³-hybridized carbons (Fsp3) is 0.615. The minimum Gasteiger partial charge on any atom is -0.466 e. The molecule has 1 heterocycles. The maximum absolute atomic E-state index is 12.0. The van der Waals surface area contributed by atoms with Crippen molar-refractivity contribution >= 4 is 17.6 Å². The lowest BCUT2D eigenvalue weighted by Gasteiger charge is -2.19. The fourth-order valence-electron chi connectivity index (χ4n) is 2.60. The number of carbonyl (C=O) groups is 2. The van der Waals surface area contributed by atoms with Crippen molar-refractivity contribution < 1.29 is 19.2 Å². The number of carbonyl (C=O) groups excluding carboxylic acids is 2. The maximum Gasteiger partial charge on any atom is 0.311 e. The molecule has 0 aliphatic heterocycles. The Balaban J connectivity index is 1.90. The lowest BCUT2D eigenvalue weighted by molar-refractivity contribution is -0.385. The second kappa shape index (κ2) is 7.01. The predicted octanol–water partition coefficient (Wildman–Crippen LogP) is 0.639. The van der Waals surface area contributed by atoms with Gasteiger partial charge in [0.05, 0.1) is 17.4 Å². The van der Waals surface area contributed by atoms with Gasteiger partial charge in [-0.2, -0.15) is 5.10 Å². The van der Waals surface area contributed by atoms with Crippen molar-refractivity contribution in [2.75, 3.05) is 6.61 Å². The summed E-state index contributed by atoms with van der Waals surface area (Å²) >= 11 is 0. The summed E-state index contributed by atoms with van der Waals surface area (Å²) in [5.41, 5.74) is -0.168. The molecular formula is C13H18N4O5. The van der Waals surface area contributed by atoms with Gasteiger partial charge in [-0.25, -0.2) is 0 Å². The van der Waals surface area contributed by atoms with Gasteiger partial charge >= 0.3 is 11.7 Å². The molecule has 1 amide bonds. The summed E-state index contributed by atoms with van der Waals surface area (Å²) in [7, 11) is 0. The van der Waals surface area contributed by atoms with Crippen LogP contribution in [0.1, 0.15) is 26.2 Å². The van der Waals surface area contributed by atoms with E-state index >= 15 is 0 Å². The van der Waals surface area contributed by atoms with Crippen LogP contribution in [0.5, 0.6) is 0 Å². The molecule has 0 unspecified atom stereocenters. The van der Waals surface area contributed by atoms with E-state index in [1.807, 2.05) is 0 Å². The zero-order chi connectivity index (χ0) is 16.1. The number of nitrogens with one attached hydrogen (secondary N) is 1. The molecule has 1 aromatic rings. The third kappa shape index (κ3) is 3.80. The predicted molar refractivity (Wildman–Crippen MR) is 74.8 cm³/mol. The average Bonchev–Trinajstić information content (AvgIpc) is 3.08. The van der Waals surface area contributed by atoms with Crippen LogP contribution in [0.4, 0.5) is 5.69 Å². The van der Waals surface area contributed by atoms with Gasteiger partial charge in [-0.1, -0.05) is 6.42 Å². The molecule has 0 aromatic carbocycles. The lowest BCUT2D eigenvalue weighted by atomic mass is 10.0. The summed E-state index contributed by atoms with van der Waals surface area (Å²) in [6.45, 7) is 1.93. The van der Waals surface area contributed by atoms with Crippen molar-refractivity contribution in [1.29, 1.82) is 0 Å². The zero-order valence-electron chi connectivity index (χ0n) is 12.2. The van der Waals surface area contributed by atoms with Gasteiger partial charge in [0.15, 0.2) is 0 Å². The summed E-state index contributed by atoms with van der Waals surface area (Å²) in [5.74, 6) is -0.949. The van der Waals surface area contributed by atoms with Crippen molar-refractivity contribution in [3.63, 3.8) is 0 Å². The number of rotatable bonds is 6. The first-order valence-electron chi connectivity index (χ1n) is 7.14. The largest absolute Gasteiger partial charge is 0.466 e. The molecule has 9 nitrogen and oxygen atoms in total. The average molecular weight is 310 g/mol. The SMILES string of the molecule is CCOC(=O)[C@@H]1CCC[C@@H]1NC(=O)Cn1cc([N+](=O)[O-])cn1. The van der Waals surface area contributed by atoms with Gasteiger partial charge < -0.3 is 10.1 Å². The molecule has 1 aliphatic carbocycles. The Morgan fingerprint density at radius 2 is 2.32 bits per heavy atom. The van der Waals surface area contributed by atoms with Crippen LogP contribution >= 0.6 is 0 Å². The van der Waals surface area contributed by atoms with Crippen molar-refractivity contribution in [1.82, 2.24) is 15.1 Å². The van der Waals surface area contributed by atoms with Crippen molar-refractivity contribution in [2.24, 2.45) is 5.92 Å². The fourth-order valence-corrected chi connectivity index (χ4v) is 2.60. The molecule has 2 rings (SSSR count). The number of hydrogen-bond donors (Lipinski definition) is 1. The lowest BCUT2D eigenvalue weighted by Crippen LogP contribution is -2.42. The topological polar surface area (TPSA) is 116 Å². The molecule has 1 fully saturated rings. The summed E-state index contributed by atoms with van der Waals surface area (Å²) in [5, 5.41) is 17.1. The molecular weight excluding hydrogens is 292 g/mol. The minimum absolute atomic E-state index is 0.125. The van der Waals surface area contributed by atoms with E-state index in [1.54, 1.807) is 6.92 Å². The molecule has 0 bridgehead atoms.